The maximum absolute atomic E-state index is 4.50. The highest BCUT2D eigenvalue weighted by Gasteiger charge is 2.06. The second-order valence-electron chi connectivity index (χ2n) is 4.22. The Kier molecular flexibility index (Phi) is 2.32. The first kappa shape index (κ1) is 10.9. The lowest BCUT2D eigenvalue weighted by Crippen LogP contribution is -1.94. The third kappa shape index (κ3) is 1.74. The van der Waals surface area contributed by atoms with Crippen LogP contribution in [-0.4, -0.2) is 29.9 Å². The number of rotatable bonds is 1. The van der Waals surface area contributed by atoms with Crippen molar-refractivity contribution < 1.29 is 0 Å². The SMILES string of the molecule is c1cnc2ncc(-c3cnc4ccncc4n3)nc2c1. The van der Waals surface area contributed by atoms with E-state index in [2.05, 4.69) is 29.9 Å². The van der Waals surface area contributed by atoms with E-state index in [1.165, 1.54) is 0 Å². The molecule has 0 aliphatic heterocycles. The van der Waals surface area contributed by atoms with Gasteiger partial charge in [-0.2, -0.15) is 0 Å². The summed E-state index contributed by atoms with van der Waals surface area (Å²) in [4.78, 5) is 25.8. The Bertz CT molecular complexity index is 844. The fraction of sp³-hybridized carbons (Fsp3) is 0. The number of pyridine rings is 2. The molecule has 4 aromatic heterocycles. The Labute approximate surface area is 113 Å². The van der Waals surface area contributed by atoms with Gasteiger partial charge in [0.25, 0.3) is 0 Å². The maximum atomic E-state index is 4.50. The molecule has 0 atom stereocenters. The minimum absolute atomic E-state index is 0.617. The molecule has 94 valence electrons. The lowest BCUT2D eigenvalue weighted by atomic mass is 10.3. The standard InChI is InChI=1S/C14H8N6/c1-2-10-14(16-4-1)18-8-13(19-10)12-7-17-9-3-5-15-6-11(9)20-12/h1-8H. The molecule has 0 N–H and O–H groups in total. The van der Waals surface area contributed by atoms with Crippen LogP contribution in [0.2, 0.25) is 0 Å². The maximum Gasteiger partial charge on any atom is 0.178 e. The van der Waals surface area contributed by atoms with Crippen molar-refractivity contribution in [2.24, 2.45) is 0 Å². The smallest absolute Gasteiger partial charge is 0.178 e. The molecule has 0 unspecified atom stereocenters. The molecule has 0 aliphatic rings. The van der Waals surface area contributed by atoms with Crippen molar-refractivity contribution in [2.45, 2.75) is 0 Å². The highest BCUT2D eigenvalue weighted by molar-refractivity contribution is 5.77. The van der Waals surface area contributed by atoms with Crippen molar-refractivity contribution in [2.75, 3.05) is 0 Å². The van der Waals surface area contributed by atoms with Crippen LogP contribution < -0.4 is 0 Å². The zero-order chi connectivity index (χ0) is 13.4. The van der Waals surface area contributed by atoms with Crippen LogP contribution in [0.3, 0.4) is 0 Å². The Hall–Kier alpha value is -3.02. The molecule has 20 heavy (non-hydrogen) atoms. The number of nitrogens with zero attached hydrogens (tertiary/aromatic N) is 6. The molecule has 0 saturated carbocycles. The van der Waals surface area contributed by atoms with Crippen LogP contribution in [0.25, 0.3) is 33.6 Å². The third-order valence-corrected chi connectivity index (χ3v) is 2.92. The Morgan fingerprint density at radius 3 is 2.45 bits per heavy atom. The molecule has 4 aromatic rings. The van der Waals surface area contributed by atoms with Crippen molar-refractivity contribution in [3.63, 3.8) is 0 Å². The van der Waals surface area contributed by atoms with Crippen molar-refractivity contribution in [1.82, 2.24) is 29.9 Å². The van der Waals surface area contributed by atoms with Gasteiger partial charge in [0.05, 0.1) is 24.1 Å². The summed E-state index contributed by atoms with van der Waals surface area (Å²) in [6.07, 6.45) is 8.41. The molecule has 4 heterocycles. The second-order valence-corrected chi connectivity index (χ2v) is 4.22. The molecule has 0 amide bonds. The second kappa shape index (κ2) is 4.27. The lowest BCUT2D eigenvalue weighted by Gasteiger charge is -2.02. The molecular formula is C14H8N6. The van der Waals surface area contributed by atoms with Gasteiger partial charge in [-0.15, -0.1) is 0 Å². The van der Waals surface area contributed by atoms with E-state index in [1.807, 2.05) is 18.2 Å². The molecule has 6 nitrogen and oxygen atoms in total. The minimum Gasteiger partial charge on any atom is -0.262 e. The van der Waals surface area contributed by atoms with Crippen molar-refractivity contribution in [3.05, 3.63) is 49.2 Å². The zero-order valence-electron chi connectivity index (χ0n) is 10.3. The van der Waals surface area contributed by atoms with Crippen molar-refractivity contribution >= 4 is 22.2 Å². The van der Waals surface area contributed by atoms with Gasteiger partial charge >= 0.3 is 0 Å². The molecule has 0 spiro atoms. The van der Waals surface area contributed by atoms with Crippen LogP contribution in [0, 0.1) is 0 Å². The molecular weight excluding hydrogens is 252 g/mol. The summed E-state index contributed by atoms with van der Waals surface area (Å²) in [5.41, 5.74) is 4.23. The van der Waals surface area contributed by atoms with Gasteiger partial charge < -0.3 is 0 Å². The molecule has 0 fully saturated rings. The number of fused-ring (bicyclic) bond motifs is 2. The molecule has 0 saturated heterocycles. The van der Waals surface area contributed by atoms with Crippen LogP contribution in [0.15, 0.2) is 49.2 Å². The summed E-state index contributed by atoms with van der Waals surface area (Å²) in [5.74, 6) is 0. The van der Waals surface area contributed by atoms with Crippen LogP contribution in [-0.2, 0) is 0 Å². The summed E-state index contributed by atoms with van der Waals surface area (Å²) >= 11 is 0. The fourth-order valence-corrected chi connectivity index (χ4v) is 1.97. The van der Waals surface area contributed by atoms with Gasteiger partial charge in [0.15, 0.2) is 5.65 Å². The summed E-state index contributed by atoms with van der Waals surface area (Å²) in [6, 6.07) is 5.52. The third-order valence-electron chi connectivity index (χ3n) is 2.92. The van der Waals surface area contributed by atoms with Gasteiger partial charge in [0.1, 0.15) is 22.4 Å². The predicted octanol–water partition coefficient (Wildman–Crippen LogP) is 2.03. The summed E-state index contributed by atoms with van der Waals surface area (Å²) in [5, 5.41) is 0. The number of hydrogen-bond acceptors (Lipinski definition) is 6. The molecule has 0 radical (unpaired) electrons. The van der Waals surface area contributed by atoms with Gasteiger partial charge in [0, 0.05) is 12.4 Å². The van der Waals surface area contributed by atoms with E-state index in [4.69, 9.17) is 0 Å². The van der Waals surface area contributed by atoms with E-state index in [0.717, 1.165) is 16.6 Å². The highest BCUT2D eigenvalue weighted by atomic mass is 14.9. The van der Waals surface area contributed by atoms with Crippen LogP contribution in [0.5, 0.6) is 0 Å². The lowest BCUT2D eigenvalue weighted by molar-refractivity contribution is 1.19. The average Bonchev–Trinajstić information content (AvgIpc) is 2.54. The van der Waals surface area contributed by atoms with Gasteiger partial charge in [-0.05, 0) is 18.2 Å². The average molecular weight is 260 g/mol. The summed E-state index contributed by atoms with van der Waals surface area (Å²) in [7, 11) is 0. The Balaban J connectivity index is 1.91. The van der Waals surface area contributed by atoms with Crippen molar-refractivity contribution in [3.8, 4) is 11.4 Å². The first-order valence-electron chi connectivity index (χ1n) is 6.05. The van der Waals surface area contributed by atoms with E-state index in [0.29, 0.717) is 17.0 Å². The summed E-state index contributed by atoms with van der Waals surface area (Å²) < 4.78 is 0. The first-order valence-corrected chi connectivity index (χ1v) is 6.05. The van der Waals surface area contributed by atoms with E-state index >= 15 is 0 Å². The van der Waals surface area contributed by atoms with Gasteiger partial charge in [-0.3, -0.25) is 9.97 Å². The van der Waals surface area contributed by atoms with E-state index in [1.54, 1.807) is 31.0 Å². The van der Waals surface area contributed by atoms with Gasteiger partial charge in [-0.25, -0.2) is 19.9 Å². The fourth-order valence-electron chi connectivity index (χ4n) is 1.97. The number of hydrogen-bond donors (Lipinski definition) is 0. The molecule has 0 aliphatic carbocycles. The quantitative estimate of drug-likeness (QED) is 0.521. The van der Waals surface area contributed by atoms with Crippen LogP contribution in [0.1, 0.15) is 0 Å². The van der Waals surface area contributed by atoms with E-state index in [9.17, 15) is 0 Å². The normalized spacial score (nSPS) is 11.0. The highest BCUT2D eigenvalue weighted by Crippen LogP contribution is 2.17. The largest absolute Gasteiger partial charge is 0.262 e. The van der Waals surface area contributed by atoms with Crippen molar-refractivity contribution in [1.29, 1.82) is 0 Å². The van der Waals surface area contributed by atoms with Gasteiger partial charge in [0.2, 0.25) is 0 Å². The first-order chi connectivity index (χ1) is 9.90. The molecule has 6 heteroatoms. The van der Waals surface area contributed by atoms with Crippen LogP contribution >= 0.6 is 0 Å². The minimum atomic E-state index is 0.617. The zero-order valence-corrected chi connectivity index (χ0v) is 10.3. The van der Waals surface area contributed by atoms with Crippen LogP contribution in [0.4, 0.5) is 0 Å². The van der Waals surface area contributed by atoms with Gasteiger partial charge in [-0.1, -0.05) is 0 Å². The monoisotopic (exact) mass is 260 g/mol. The molecule has 0 bridgehead atoms. The topological polar surface area (TPSA) is 77.3 Å². The summed E-state index contributed by atoms with van der Waals surface area (Å²) in [6.45, 7) is 0. The van der Waals surface area contributed by atoms with E-state index < -0.39 is 0 Å². The van der Waals surface area contributed by atoms with E-state index in [-0.39, 0.29) is 0 Å². The Morgan fingerprint density at radius 1 is 0.650 bits per heavy atom. The molecule has 4 rings (SSSR count). The Morgan fingerprint density at radius 2 is 1.50 bits per heavy atom. The predicted molar refractivity (Wildman–Crippen MR) is 73.7 cm³/mol. The number of aromatic nitrogens is 6. The molecule has 0 aromatic carbocycles.